The average Bonchev–Trinajstić information content (AvgIpc) is 3.13. The van der Waals surface area contributed by atoms with Crippen LogP contribution in [-0.4, -0.2) is 49.1 Å². The number of esters is 1. The highest BCUT2D eigenvalue weighted by molar-refractivity contribution is 5.90. The highest BCUT2D eigenvalue weighted by atomic mass is 16.5. The lowest BCUT2D eigenvalue weighted by atomic mass is 10.2. The van der Waals surface area contributed by atoms with Crippen molar-refractivity contribution in [2.24, 2.45) is 0 Å². The minimum absolute atomic E-state index is 0.289. The Hall–Kier alpha value is -1.33. The molecule has 0 aliphatic heterocycles. The minimum Gasteiger partial charge on any atom is -0.465 e. The molecule has 1 aliphatic carbocycles. The number of carbonyl (C=O) groups is 1. The fourth-order valence-corrected chi connectivity index (χ4v) is 2.02. The number of rotatable bonds is 7. The first-order chi connectivity index (χ1) is 8.72. The van der Waals surface area contributed by atoms with Crippen LogP contribution in [0.5, 0.6) is 0 Å². The number of nitrogens with one attached hydrogen (secondary N) is 2. The second-order valence-electron chi connectivity index (χ2n) is 4.75. The summed E-state index contributed by atoms with van der Waals surface area (Å²) in [6, 6.07) is 2.54. The minimum atomic E-state index is -0.289. The summed E-state index contributed by atoms with van der Waals surface area (Å²) < 4.78 is 4.72. The van der Waals surface area contributed by atoms with E-state index in [1.165, 1.54) is 20.0 Å². The van der Waals surface area contributed by atoms with E-state index in [4.69, 9.17) is 4.74 Å². The van der Waals surface area contributed by atoms with E-state index < -0.39 is 0 Å². The second-order valence-corrected chi connectivity index (χ2v) is 4.75. The summed E-state index contributed by atoms with van der Waals surface area (Å²) in [5, 5.41) is 3.34. The molecule has 1 aromatic heterocycles. The van der Waals surface area contributed by atoms with Crippen LogP contribution >= 0.6 is 0 Å². The summed E-state index contributed by atoms with van der Waals surface area (Å²) in [4.78, 5) is 16.9. The van der Waals surface area contributed by atoms with Gasteiger partial charge in [-0.25, -0.2) is 4.79 Å². The average molecular weight is 251 g/mol. The molecule has 5 heteroatoms. The standard InChI is InChI=1S/C13H21N3O2/c1-16(10-3-4-10)8-7-14-9-12-11(5-6-15-12)13(17)18-2/h5-6,10,14-15H,3-4,7-9H2,1-2H3. The van der Waals surface area contributed by atoms with Crippen molar-refractivity contribution in [3.05, 3.63) is 23.5 Å². The largest absolute Gasteiger partial charge is 0.465 e. The van der Waals surface area contributed by atoms with Crippen molar-refractivity contribution >= 4 is 5.97 Å². The SMILES string of the molecule is COC(=O)c1cc[nH]c1CNCCN(C)C1CC1. The Kier molecular flexibility index (Phi) is 4.38. The van der Waals surface area contributed by atoms with Gasteiger partial charge in [-0.1, -0.05) is 0 Å². The third kappa shape index (κ3) is 3.34. The van der Waals surface area contributed by atoms with Crippen LogP contribution in [0.25, 0.3) is 0 Å². The van der Waals surface area contributed by atoms with Gasteiger partial charge in [0.15, 0.2) is 0 Å². The van der Waals surface area contributed by atoms with Crippen molar-refractivity contribution in [2.75, 3.05) is 27.2 Å². The summed E-state index contributed by atoms with van der Waals surface area (Å²) in [7, 11) is 3.56. The Morgan fingerprint density at radius 2 is 2.39 bits per heavy atom. The van der Waals surface area contributed by atoms with Gasteiger partial charge >= 0.3 is 5.97 Å². The summed E-state index contributed by atoms with van der Waals surface area (Å²) >= 11 is 0. The third-order valence-corrected chi connectivity index (χ3v) is 3.35. The zero-order chi connectivity index (χ0) is 13.0. The molecule has 0 bridgehead atoms. The molecule has 0 aromatic carbocycles. The lowest BCUT2D eigenvalue weighted by Crippen LogP contribution is -2.30. The number of ether oxygens (including phenoxy) is 1. The number of carbonyl (C=O) groups excluding carboxylic acids is 1. The number of aromatic nitrogens is 1. The van der Waals surface area contributed by atoms with Crippen LogP contribution in [-0.2, 0) is 11.3 Å². The summed E-state index contributed by atoms with van der Waals surface area (Å²) in [5.41, 5.74) is 1.50. The summed E-state index contributed by atoms with van der Waals surface area (Å²) in [5.74, 6) is -0.289. The summed E-state index contributed by atoms with van der Waals surface area (Å²) in [6.07, 6.45) is 4.43. The Labute approximate surface area is 108 Å². The number of methoxy groups -OCH3 is 1. The predicted molar refractivity (Wildman–Crippen MR) is 69.5 cm³/mol. The number of likely N-dealkylation sites (N-methyl/N-ethyl adjacent to an activating group) is 1. The maximum atomic E-state index is 11.5. The van der Waals surface area contributed by atoms with E-state index in [0.29, 0.717) is 12.1 Å². The van der Waals surface area contributed by atoms with Crippen LogP contribution in [0.2, 0.25) is 0 Å². The zero-order valence-corrected chi connectivity index (χ0v) is 11.0. The number of hydrogen-bond acceptors (Lipinski definition) is 4. The fourth-order valence-electron chi connectivity index (χ4n) is 2.02. The van der Waals surface area contributed by atoms with Crippen molar-refractivity contribution in [1.29, 1.82) is 0 Å². The molecule has 0 atom stereocenters. The molecule has 18 heavy (non-hydrogen) atoms. The first-order valence-corrected chi connectivity index (χ1v) is 6.38. The Morgan fingerprint density at radius 1 is 1.61 bits per heavy atom. The van der Waals surface area contributed by atoms with Crippen molar-refractivity contribution in [3.63, 3.8) is 0 Å². The van der Waals surface area contributed by atoms with E-state index >= 15 is 0 Å². The highest BCUT2D eigenvalue weighted by Crippen LogP contribution is 2.24. The van der Waals surface area contributed by atoms with Gasteiger partial charge in [0, 0.05) is 37.6 Å². The first-order valence-electron chi connectivity index (χ1n) is 6.38. The van der Waals surface area contributed by atoms with Crippen LogP contribution in [0.4, 0.5) is 0 Å². The van der Waals surface area contributed by atoms with Crippen molar-refractivity contribution in [2.45, 2.75) is 25.4 Å². The molecule has 5 nitrogen and oxygen atoms in total. The van der Waals surface area contributed by atoms with Crippen molar-refractivity contribution in [1.82, 2.24) is 15.2 Å². The third-order valence-electron chi connectivity index (χ3n) is 3.35. The van der Waals surface area contributed by atoms with E-state index in [2.05, 4.69) is 22.2 Å². The van der Waals surface area contributed by atoms with Crippen LogP contribution < -0.4 is 5.32 Å². The highest BCUT2D eigenvalue weighted by Gasteiger charge is 2.25. The monoisotopic (exact) mass is 251 g/mol. The van der Waals surface area contributed by atoms with Gasteiger partial charge in [0.05, 0.1) is 12.7 Å². The van der Waals surface area contributed by atoms with Gasteiger partial charge in [-0.3, -0.25) is 0 Å². The van der Waals surface area contributed by atoms with Gasteiger partial charge in [0.25, 0.3) is 0 Å². The van der Waals surface area contributed by atoms with Crippen LogP contribution in [0.1, 0.15) is 28.9 Å². The number of hydrogen-bond donors (Lipinski definition) is 2. The lowest BCUT2D eigenvalue weighted by Gasteiger charge is -2.15. The van der Waals surface area contributed by atoms with E-state index in [0.717, 1.165) is 24.8 Å². The van der Waals surface area contributed by atoms with Crippen molar-refractivity contribution < 1.29 is 9.53 Å². The van der Waals surface area contributed by atoms with Gasteiger partial charge in [0.1, 0.15) is 0 Å². The van der Waals surface area contributed by atoms with E-state index in [9.17, 15) is 4.79 Å². The summed E-state index contributed by atoms with van der Waals surface area (Å²) in [6.45, 7) is 2.63. The Bertz CT molecular complexity index is 399. The fraction of sp³-hybridized carbons (Fsp3) is 0.615. The Morgan fingerprint density at radius 3 is 3.06 bits per heavy atom. The van der Waals surface area contributed by atoms with Gasteiger partial charge in [-0.15, -0.1) is 0 Å². The normalized spacial score (nSPS) is 15.1. The van der Waals surface area contributed by atoms with E-state index in [1.54, 1.807) is 12.3 Å². The molecular formula is C13H21N3O2. The molecule has 0 amide bonds. The zero-order valence-electron chi connectivity index (χ0n) is 11.0. The van der Waals surface area contributed by atoms with Crippen molar-refractivity contribution in [3.8, 4) is 0 Å². The molecule has 1 fully saturated rings. The molecule has 2 N–H and O–H groups in total. The maximum Gasteiger partial charge on any atom is 0.339 e. The number of aromatic amines is 1. The molecule has 0 radical (unpaired) electrons. The van der Waals surface area contributed by atoms with E-state index in [1.807, 2.05) is 0 Å². The molecule has 0 unspecified atom stereocenters. The van der Waals surface area contributed by atoms with Gasteiger partial charge in [-0.05, 0) is 26.0 Å². The molecule has 0 saturated heterocycles. The molecule has 1 aromatic rings. The first kappa shape index (κ1) is 13.1. The number of H-pyrrole nitrogens is 1. The molecule has 1 heterocycles. The number of nitrogens with zero attached hydrogens (tertiary/aromatic N) is 1. The quantitative estimate of drug-likeness (QED) is 0.560. The van der Waals surface area contributed by atoms with Crippen LogP contribution in [0.3, 0.4) is 0 Å². The van der Waals surface area contributed by atoms with Gasteiger partial charge in [-0.2, -0.15) is 0 Å². The lowest BCUT2D eigenvalue weighted by molar-refractivity contribution is 0.0599. The maximum absolute atomic E-state index is 11.5. The van der Waals surface area contributed by atoms with Gasteiger partial charge in [0.2, 0.25) is 0 Å². The molecule has 1 saturated carbocycles. The Balaban J connectivity index is 1.72. The van der Waals surface area contributed by atoms with Gasteiger partial charge < -0.3 is 19.9 Å². The smallest absolute Gasteiger partial charge is 0.339 e. The second kappa shape index (κ2) is 6.02. The van der Waals surface area contributed by atoms with E-state index in [-0.39, 0.29) is 5.97 Å². The van der Waals surface area contributed by atoms with Crippen LogP contribution in [0.15, 0.2) is 12.3 Å². The molecule has 2 rings (SSSR count). The topological polar surface area (TPSA) is 57.4 Å². The predicted octanol–water partition coefficient (Wildman–Crippen LogP) is 0.985. The van der Waals surface area contributed by atoms with Crippen LogP contribution in [0, 0.1) is 0 Å². The molecule has 0 spiro atoms. The molecular weight excluding hydrogens is 230 g/mol. The molecule has 1 aliphatic rings. The molecule has 100 valence electrons.